The molecule has 7 heteroatoms. The second-order valence-electron chi connectivity index (χ2n) is 5.77. The van der Waals surface area contributed by atoms with Gasteiger partial charge in [0.15, 0.2) is 0 Å². The highest BCUT2D eigenvalue weighted by Crippen LogP contribution is 2.24. The summed E-state index contributed by atoms with van der Waals surface area (Å²) < 4.78 is 0. The van der Waals surface area contributed by atoms with Crippen LogP contribution in [0.25, 0.3) is 0 Å². The number of amides is 3. The number of carbonyl (C=O) groups excluding carboxylic acids is 2. The molecule has 1 aliphatic carbocycles. The molecule has 0 radical (unpaired) electrons. The van der Waals surface area contributed by atoms with Crippen molar-refractivity contribution in [2.45, 2.75) is 58.0 Å². The second-order valence-corrected chi connectivity index (χ2v) is 5.77. The van der Waals surface area contributed by atoms with E-state index in [-0.39, 0.29) is 23.8 Å². The van der Waals surface area contributed by atoms with Crippen molar-refractivity contribution in [3.05, 3.63) is 0 Å². The molecule has 1 saturated carbocycles. The summed E-state index contributed by atoms with van der Waals surface area (Å²) in [6.07, 6.45) is 3.16. The summed E-state index contributed by atoms with van der Waals surface area (Å²) in [6, 6.07) is -1.40. The van der Waals surface area contributed by atoms with Crippen molar-refractivity contribution in [2.75, 3.05) is 0 Å². The van der Waals surface area contributed by atoms with Gasteiger partial charge in [-0.3, -0.25) is 9.59 Å². The lowest BCUT2D eigenvalue weighted by Gasteiger charge is -2.30. The fourth-order valence-electron chi connectivity index (χ4n) is 2.63. The minimum absolute atomic E-state index is 0.0205. The molecule has 0 aromatic rings. The number of rotatable bonds is 6. The Bertz CT molecular complexity index is 392. The molecular formula is C14H25N3O4. The van der Waals surface area contributed by atoms with Crippen LogP contribution in [0.5, 0.6) is 0 Å². The first-order valence-electron chi connectivity index (χ1n) is 7.44. The van der Waals surface area contributed by atoms with Crippen LogP contribution in [0.3, 0.4) is 0 Å². The predicted molar refractivity (Wildman–Crippen MR) is 77.5 cm³/mol. The molecule has 0 bridgehead atoms. The molecular weight excluding hydrogens is 274 g/mol. The summed E-state index contributed by atoms with van der Waals surface area (Å²) in [5, 5.41) is 14.3. The van der Waals surface area contributed by atoms with Gasteiger partial charge in [0.1, 0.15) is 6.04 Å². The standard InChI is InChI=1S/C14H25N3O4/c1-3-8(2)11(17-14(15)21)12(18)16-10-6-4-9(5-7-10)13(19)20/h8-11H,3-7H2,1-2H3,(H,16,18)(H,19,20)(H3,15,17,21). The second kappa shape index (κ2) is 7.85. The smallest absolute Gasteiger partial charge is 0.312 e. The van der Waals surface area contributed by atoms with Crippen molar-refractivity contribution < 1.29 is 19.5 Å². The zero-order valence-electron chi connectivity index (χ0n) is 12.6. The molecule has 21 heavy (non-hydrogen) atoms. The Kier molecular flexibility index (Phi) is 6.45. The van der Waals surface area contributed by atoms with Crippen molar-refractivity contribution in [1.29, 1.82) is 0 Å². The summed E-state index contributed by atoms with van der Waals surface area (Å²) in [5.74, 6) is -1.35. The number of primary amides is 1. The Morgan fingerprint density at radius 1 is 1.24 bits per heavy atom. The molecule has 7 nitrogen and oxygen atoms in total. The van der Waals surface area contributed by atoms with Crippen molar-refractivity contribution in [3.63, 3.8) is 0 Å². The lowest BCUT2D eigenvalue weighted by atomic mass is 9.86. The summed E-state index contributed by atoms with van der Waals surface area (Å²) in [5.41, 5.74) is 5.11. The van der Waals surface area contributed by atoms with Gasteiger partial charge in [0.25, 0.3) is 0 Å². The van der Waals surface area contributed by atoms with E-state index < -0.39 is 18.0 Å². The third-order valence-corrected chi connectivity index (χ3v) is 4.22. The summed E-state index contributed by atoms with van der Waals surface area (Å²) >= 11 is 0. The van der Waals surface area contributed by atoms with Crippen molar-refractivity contribution in [2.24, 2.45) is 17.6 Å². The monoisotopic (exact) mass is 299 g/mol. The molecule has 0 aromatic heterocycles. The van der Waals surface area contributed by atoms with E-state index in [1.54, 1.807) is 0 Å². The molecule has 0 aliphatic heterocycles. The Morgan fingerprint density at radius 3 is 2.24 bits per heavy atom. The van der Waals surface area contributed by atoms with Crippen molar-refractivity contribution in [3.8, 4) is 0 Å². The summed E-state index contributed by atoms with van der Waals surface area (Å²) in [4.78, 5) is 34.2. The van der Waals surface area contributed by atoms with Crippen LogP contribution in [-0.2, 0) is 9.59 Å². The largest absolute Gasteiger partial charge is 0.481 e. The number of nitrogens with two attached hydrogens (primary N) is 1. The zero-order valence-corrected chi connectivity index (χ0v) is 12.6. The molecule has 1 aliphatic rings. The Hall–Kier alpha value is -1.79. The van der Waals surface area contributed by atoms with Gasteiger partial charge >= 0.3 is 12.0 Å². The zero-order chi connectivity index (χ0) is 16.0. The first-order chi connectivity index (χ1) is 9.85. The lowest BCUT2D eigenvalue weighted by Crippen LogP contribution is -2.54. The maximum atomic E-state index is 12.3. The van der Waals surface area contributed by atoms with Gasteiger partial charge in [0, 0.05) is 6.04 Å². The van der Waals surface area contributed by atoms with Crippen LogP contribution in [-0.4, -0.2) is 35.1 Å². The Morgan fingerprint density at radius 2 is 1.81 bits per heavy atom. The van der Waals surface area contributed by atoms with Crippen LogP contribution in [0.15, 0.2) is 0 Å². The number of aliphatic carboxylic acids is 1. The average Bonchev–Trinajstić information content (AvgIpc) is 2.44. The van der Waals surface area contributed by atoms with Gasteiger partial charge in [0.2, 0.25) is 5.91 Å². The van der Waals surface area contributed by atoms with Gasteiger partial charge in [-0.2, -0.15) is 0 Å². The third-order valence-electron chi connectivity index (χ3n) is 4.22. The van der Waals surface area contributed by atoms with Gasteiger partial charge in [-0.05, 0) is 31.6 Å². The van der Waals surface area contributed by atoms with E-state index in [1.807, 2.05) is 13.8 Å². The SMILES string of the molecule is CCC(C)C(NC(N)=O)C(=O)NC1CCC(C(=O)O)CC1. The molecule has 1 rings (SSSR count). The minimum Gasteiger partial charge on any atom is -0.481 e. The fourth-order valence-corrected chi connectivity index (χ4v) is 2.63. The van der Waals surface area contributed by atoms with E-state index in [9.17, 15) is 14.4 Å². The van der Waals surface area contributed by atoms with E-state index in [0.29, 0.717) is 25.7 Å². The van der Waals surface area contributed by atoms with E-state index in [2.05, 4.69) is 10.6 Å². The van der Waals surface area contributed by atoms with Gasteiger partial charge in [-0.25, -0.2) is 4.79 Å². The van der Waals surface area contributed by atoms with E-state index in [4.69, 9.17) is 10.8 Å². The Balaban J connectivity index is 2.54. The number of urea groups is 1. The molecule has 0 saturated heterocycles. The molecule has 2 unspecified atom stereocenters. The average molecular weight is 299 g/mol. The highest BCUT2D eigenvalue weighted by molar-refractivity contribution is 5.87. The first-order valence-corrected chi connectivity index (χ1v) is 7.44. The van der Waals surface area contributed by atoms with Crippen molar-refractivity contribution in [1.82, 2.24) is 10.6 Å². The quantitative estimate of drug-likeness (QED) is 0.580. The summed E-state index contributed by atoms with van der Waals surface area (Å²) in [7, 11) is 0. The topological polar surface area (TPSA) is 122 Å². The molecule has 120 valence electrons. The Labute approximate surface area is 124 Å². The molecule has 0 spiro atoms. The van der Waals surface area contributed by atoms with Crippen LogP contribution >= 0.6 is 0 Å². The third kappa shape index (κ3) is 5.24. The molecule has 0 aromatic carbocycles. The maximum absolute atomic E-state index is 12.3. The predicted octanol–water partition coefficient (Wildman–Crippen LogP) is 0.829. The number of carboxylic acids is 1. The van der Waals surface area contributed by atoms with Gasteiger partial charge in [0.05, 0.1) is 5.92 Å². The van der Waals surface area contributed by atoms with Crippen LogP contribution in [0, 0.1) is 11.8 Å². The highest BCUT2D eigenvalue weighted by Gasteiger charge is 2.30. The minimum atomic E-state index is -0.771. The van der Waals surface area contributed by atoms with Gasteiger partial charge in [-0.1, -0.05) is 20.3 Å². The number of hydrogen-bond donors (Lipinski definition) is 4. The number of carboxylic acid groups (broad SMARTS) is 1. The lowest BCUT2D eigenvalue weighted by molar-refractivity contribution is -0.142. The van der Waals surface area contributed by atoms with Crippen LogP contribution in [0.4, 0.5) is 4.79 Å². The molecule has 1 fully saturated rings. The van der Waals surface area contributed by atoms with Crippen LogP contribution in [0.2, 0.25) is 0 Å². The molecule has 3 amide bonds. The maximum Gasteiger partial charge on any atom is 0.312 e. The number of hydrogen-bond acceptors (Lipinski definition) is 3. The van der Waals surface area contributed by atoms with E-state index in [1.165, 1.54) is 0 Å². The number of carbonyl (C=O) groups is 3. The van der Waals surface area contributed by atoms with E-state index in [0.717, 1.165) is 6.42 Å². The molecule has 0 heterocycles. The van der Waals surface area contributed by atoms with Gasteiger partial charge in [-0.15, -0.1) is 0 Å². The fraction of sp³-hybridized carbons (Fsp3) is 0.786. The molecule has 5 N–H and O–H groups in total. The highest BCUT2D eigenvalue weighted by atomic mass is 16.4. The normalized spacial score (nSPS) is 24.7. The first kappa shape index (κ1) is 17.3. The van der Waals surface area contributed by atoms with Crippen LogP contribution < -0.4 is 16.4 Å². The van der Waals surface area contributed by atoms with Crippen molar-refractivity contribution >= 4 is 17.9 Å². The summed E-state index contributed by atoms with van der Waals surface area (Å²) in [6.45, 7) is 3.81. The van der Waals surface area contributed by atoms with Gasteiger partial charge < -0.3 is 21.5 Å². The molecule has 2 atom stereocenters. The van der Waals surface area contributed by atoms with E-state index >= 15 is 0 Å². The van der Waals surface area contributed by atoms with Crippen LogP contribution in [0.1, 0.15) is 46.0 Å². The number of nitrogens with one attached hydrogen (secondary N) is 2.